The lowest BCUT2D eigenvalue weighted by Crippen LogP contribution is -2.19. The fraction of sp³-hybridized carbons (Fsp3) is 0.0588. The molecule has 0 aromatic heterocycles. The number of nitrogens with one attached hydrogen (secondary N) is 1. The first-order valence-corrected chi connectivity index (χ1v) is 7.65. The Morgan fingerprint density at radius 2 is 1.83 bits per heavy atom. The molecule has 2 aromatic rings. The fourth-order valence-corrected chi connectivity index (χ4v) is 2.81. The van der Waals surface area contributed by atoms with Crippen LogP contribution in [0.15, 0.2) is 58.4 Å². The maximum absolute atomic E-state index is 12.9. The van der Waals surface area contributed by atoms with Crippen LogP contribution in [0.1, 0.15) is 5.56 Å². The summed E-state index contributed by atoms with van der Waals surface area (Å²) in [7, 11) is 1.60. The summed E-state index contributed by atoms with van der Waals surface area (Å²) in [6, 6.07) is 13.2. The molecule has 2 aromatic carbocycles. The van der Waals surface area contributed by atoms with Crippen LogP contribution in [0.4, 0.5) is 10.1 Å². The Hall–Kier alpha value is -2.60. The summed E-state index contributed by atoms with van der Waals surface area (Å²) in [6.45, 7) is 0. The Bertz CT molecular complexity index is 783. The maximum Gasteiger partial charge on any atom is 0.264 e. The predicted octanol–water partition coefficient (Wildman–Crippen LogP) is 3.73. The molecule has 4 nitrogen and oxygen atoms in total. The van der Waals surface area contributed by atoms with E-state index < -0.39 is 0 Å². The van der Waals surface area contributed by atoms with Gasteiger partial charge in [0.1, 0.15) is 11.6 Å². The topological polar surface area (TPSA) is 50.7 Å². The number of hydrogen-bond acceptors (Lipinski definition) is 4. The van der Waals surface area contributed by atoms with Crippen LogP contribution >= 0.6 is 11.8 Å². The molecule has 1 amide bonds. The molecule has 116 valence electrons. The van der Waals surface area contributed by atoms with Gasteiger partial charge in [0.15, 0.2) is 5.17 Å². The van der Waals surface area contributed by atoms with Gasteiger partial charge in [0, 0.05) is 0 Å². The second kappa shape index (κ2) is 6.66. The van der Waals surface area contributed by atoms with E-state index in [1.807, 2.05) is 24.3 Å². The molecule has 0 unspecified atom stereocenters. The summed E-state index contributed by atoms with van der Waals surface area (Å²) >= 11 is 1.25. The molecule has 0 aliphatic carbocycles. The Kier molecular flexibility index (Phi) is 4.43. The van der Waals surface area contributed by atoms with Gasteiger partial charge in [-0.2, -0.15) is 0 Å². The van der Waals surface area contributed by atoms with Gasteiger partial charge in [0.05, 0.1) is 17.7 Å². The van der Waals surface area contributed by atoms with Gasteiger partial charge in [-0.25, -0.2) is 9.38 Å². The van der Waals surface area contributed by atoms with Crippen LogP contribution in [0, 0.1) is 5.82 Å². The highest BCUT2D eigenvalue weighted by Crippen LogP contribution is 2.28. The second-order valence-corrected chi connectivity index (χ2v) is 5.76. The van der Waals surface area contributed by atoms with Crippen LogP contribution in [0.25, 0.3) is 6.08 Å². The van der Waals surface area contributed by atoms with Crippen LogP contribution in [-0.4, -0.2) is 18.2 Å². The molecule has 1 N–H and O–H groups in total. The van der Waals surface area contributed by atoms with Crippen molar-refractivity contribution in [1.82, 2.24) is 5.32 Å². The number of methoxy groups -OCH3 is 1. The first kappa shape index (κ1) is 15.3. The number of amides is 1. The van der Waals surface area contributed by atoms with Crippen molar-refractivity contribution in [3.63, 3.8) is 0 Å². The number of ether oxygens (including phenoxy) is 1. The summed E-state index contributed by atoms with van der Waals surface area (Å²) in [5.41, 5.74) is 1.48. The van der Waals surface area contributed by atoms with E-state index in [1.165, 1.54) is 23.9 Å². The molecule has 1 saturated heterocycles. The van der Waals surface area contributed by atoms with Crippen LogP contribution in [0.2, 0.25) is 0 Å². The van der Waals surface area contributed by atoms with Gasteiger partial charge in [-0.3, -0.25) is 4.79 Å². The van der Waals surface area contributed by atoms with E-state index in [1.54, 1.807) is 25.3 Å². The number of carbonyl (C=O) groups is 1. The third kappa shape index (κ3) is 3.78. The van der Waals surface area contributed by atoms with Crippen molar-refractivity contribution in [3.8, 4) is 5.75 Å². The van der Waals surface area contributed by atoms with Gasteiger partial charge in [-0.1, -0.05) is 12.1 Å². The number of hydrogen-bond donors (Lipinski definition) is 1. The molecule has 1 aliphatic rings. The molecule has 0 bridgehead atoms. The minimum absolute atomic E-state index is 0.202. The van der Waals surface area contributed by atoms with Gasteiger partial charge < -0.3 is 10.1 Å². The number of amidine groups is 1. The van der Waals surface area contributed by atoms with Gasteiger partial charge in [-0.15, -0.1) is 0 Å². The van der Waals surface area contributed by atoms with Gasteiger partial charge in [-0.05, 0) is 59.8 Å². The molecule has 1 fully saturated rings. The van der Waals surface area contributed by atoms with Gasteiger partial charge in [0.25, 0.3) is 5.91 Å². The summed E-state index contributed by atoms with van der Waals surface area (Å²) in [5.74, 6) is 0.234. The van der Waals surface area contributed by atoms with E-state index in [-0.39, 0.29) is 11.7 Å². The Labute approximate surface area is 137 Å². The monoisotopic (exact) mass is 328 g/mol. The largest absolute Gasteiger partial charge is 0.497 e. The Morgan fingerprint density at radius 1 is 1.13 bits per heavy atom. The van der Waals surface area contributed by atoms with Crippen LogP contribution in [0.3, 0.4) is 0 Å². The van der Waals surface area contributed by atoms with Crippen LogP contribution < -0.4 is 10.1 Å². The number of benzene rings is 2. The molecule has 1 aliphatic heterocycles. The third-order valence-electron chi connectivity index (χ3n) is 3.12. The third-order valence-corrected chi connectivity index (χ3v) is 4.03. The van der Waals surface area contributed by atoms with E-state index in [2.05, 4.69) is 10.3 Å². The summed E-state index contributed by atoms with van der Waals surface area (Å²) in [4.78, 5) is 16.8. The highest BCUT2D eigenvalue weighted by atomic mass is 32.2. The normalized spacial score (nSPS) is 17.6. The van der Waals surface area contributed by atoms with Crippen LogP contribution in [0.5, 0.6) is 5.75 Å². The molecular weight excluding hydrogens is 315 g/mol. The zero-order chi connectivity index (χ0) is 16.2. The zero-order valence-corrected chi connectivity index (χ0v) is 13.1. The molecule has 1 heterocycles. The number of rotatable bonds is 3. The van der Waals surface area contributed by atoms with Crippen molar-refractivity contribution in [1.29, 1.82) is 0 Å². The SMILES string of the molecule is COc1ccc(/C=C2\SC(=Nc3ccc(F)cc3)NC2=O)cc1. The lowest BCUT2D eigenvalue weighted by Gasteiger charge is -1.99. The standard InChI is InChI=1S/C17H13FN2O2S/c1-22-14-8-2-11(3-9-14)10-15-16(21)20-17(23-15)19-13-6-4-12(18)5-7-13/h2-10H,1H3,(H,19,20,21)/b15-10-. The van der Waals surface area contributed by atoms with E-state index >= 15 is 0 Å². The van der Waals surface area contributed by atoms with Gasteiger partial charge in [0.2, 0.25) is 0 Å². The molecule has 0 saturated carbocycles. The predicted molar refractivity (Wildman–Crippen MR) is 90.2 cm³/mol. The quantitative estimate of drug-likeness (QED) is 0.874. The lowest BCUT2D eigenvalue weighted by molar-refractivity contribution is -0.115. The smallest absolute Gasteiger partial charge is 0.264 e. The highest BCUT2D eigenvalue weighted by molar-refractivity contribution is 8.18. The van der Waals surface area contributed by atoms with E-state index in [4.69, 9.17) is 4.74 Å². The lowest BCUT2D eigenvalue weighted by atomic mass is 10.2. The van der Waals surface area contributed by atoms with Crippen molar-refractivity contribution in [2.45, 2.75) is 0 Å². The molecule has 0 spiro atoms. The number of thioether (sulfide) groups is 1. The number of aliphatic imine (C=N–C) groups is 1. The number of nitrogens with zero attached hydrogens (tertiary/aromatic N) is 1. The maximum atomic E-state index is 12.9. The van der Waals surface area contributed by atoms with Crippen molar-refractivity contribution in [2.75, 3.05) is 7.11 Å². The van der Waals surface area contributed by atoms with E-state index in [9.17, 15) is 9.18 Å². The van der Waals surface area contributed by atoms with E-state index in [0.29, 0.717) is 15.8 Å². The minimum Gasteiger partial charge on any atom is -0.497 e. The molecule has 6 heteroatoms. The Balaban J connectivity index is 1.78. The fourth-order valence-electron chi connectivity index (χ4n) is 1.96. The average Bonchev–Trinajstić information content (AvgIpc) is 2.90. The summed E-state index contributed by atoms with van der Waals surface area (Å²) in [6.07, 6.45) is 1.78. The second-order valence-electron chi connectivity index (χ2n) is 4.73. The molecule has 3 rings (SSSR count). The zero-order valence-electron chi connectivity index (χ0n) is 12.2. The van der Waals surface area contributed by atoms with Crippen LogP contribution in [-0.2, 0) is 4.79 Å². The van der Waals surface area contributed by atoms with E-state index in [0.717, 1.165) is 11.3 Å². The first-order chi connectivity index (χ1) is 11.1. The first-order valence-electron chi connectivity index (χ1n) is 6.83. The summed E-state index contributed by atoms with van der Waals surface area (Å²) in [5, 5.41) is 3.17. The van der Waals surface area contributed by atoms with Gasteiger partial charge >= 0.3 is 0 Å². The Morgan fingerprint density at radius 3 is 2.48 bits per heavy atom. The van der Waals surface area contributed by atoms with Crippen molar-refractivity contribution < 1.29 is 13.9 Å². The number of carbonyl (C=O) groups excluding carboxylic acids is 1. The molecular formula is C17H13FN2O2S. The minimum atomic E-state index is -0.322. The van der Waals surface area contributed by atoms with Crippen molar-refractivity contribution in [3.05, 3.63) is 64.8 Å². The molecule has 23 heavy (non-hydrogen) atoms. The number of halogens is 1. The highest BCUT2D eigenvalue weighted by Gasteiger charge is 2.23. The summed E-state index contributed by atoms with van der Waals surface area (Å²) < 4.78 is 18.0. The average molecular weight is 328 g/mol. The molecule has 0 radical (unpaired) electrons. The molecule has 0 atom stereocenters. The van der Waals surface area contributed by atoms with Crippen molar-refractivity contribution in [2.24, 2.45) is 4.99 Å². The van der Waals surface area contributed by atoms with Crippen molar-refractivity contribution >= 4 is 34.6 Å².